The number of unbranched alkanes of at least 4 members (excludes halogenated alkanes) is 1. The predicted molar refractivity (Wildman–Crippen MR) is 95.6 cm³/mol. The Kier molecular flexibility index (Phi) is 5.33. The van der Waals surface area contributed by atoms with E-state index in [4.69, 9.17) is 9.47 Å². The first-order valence-corrected chi connectivity index (χ1v) is 8.43. The monoisotopic (exact) mass is 342 g/mol. The molecule has 0 aliphatic carbocycles. The first-order chi connectivity index (χ1) is 12.2. The Hall–Kier alpha value is -2.83. The highest BCUT2D eigenvalue weighted by atomic mass is 16.6. The third-order valence-corrected chi connectivity index (χ3v) is 3.92. The number of nitrogens with zero attached hydrogens (tertiary/aromatic N) is 3. The molecule has 0 fully saturated rings. The lowest BCUT2D eigenvalue weighted by molar-refractivity contribution is 0.102. The number of carbonyl (C=O) groups is 1. The van der Waals surface area contributed by atoms with Gasteiger partial charge in [-0.1, -0.05) is 13.3 Å². The second-order valence-electron chi connectivity index (χ2n) is 5.86. The topological polar surface area (TPSA) is 76.6 Å². The third-order valence-electron chi connectivity index (χ3n) is 3.92. The fraction of sp³-hybridized carbons (Fsp3) is 0.389. The SMILES string of the molecule is CCCCN(C)c1ccc(C(=O)Nc2ccc3c(c2)OCCO3)nn1. The minimum atomic E-state index is -0.313. The van der Waals surface area contributed by atoms with Crippen LogP contribution in [0.2, 0.25) is 0 Å². The maximum atomic E-state index is 12.3. The zero-order valence-corrected chi connectivity index (χ0v) is 14.5. The zero-order chi connectivity index (χ0) is 17.6. The lowest BCUT2D eigenvalue weighted by Gasteiger charge is -2.19. The smallest absolute Gasteiger partial charge is 0.276 e. The van der Waals surface area contributed by atoms with Gasteiger partial charge in [-0.15, -0.1) is 10.2 Å². The number of benzene rings is 1. The number of nitrogens with one attached hydrogen (secondary N) is 1. The van der Waals surface area contributed by atoms with E-state index in [-0.39, 0.29) is 11.6 Å². The molecule has 0 radical (unpaired) electrons. The first kappa shape index (κ1) is 17.0. The van der Waals surface area contributed by atoms with Gasteiger partial charge in [-0.2, -0.15) is 0 Å². The van der Waals surface area contributed by atoms with Gasteiger partial charge in [0.15, 0.2) is 23.0 Å². The quantitative estimate of drug-likeness (QED) is 0.870. The highest BCUT2D eigenvalue weighted by molar-refractivity contribution is 6.02. The van der Waals surface area contributed by atoms with Crippen LogP contribution < -0.4 is 19.7 Å². The van der Waals surface area contributed by atoms with Crippen molar-refractivity contribution >= 4 is 17.4 Å². The number of rotatable bonds is 6. The standard InChI is InChI=1S/C18H22N4O3/c1-3-4-9-22(2)17-8-6-14(20-21-17)18(23)19-13-5-7-15-16(12-13)25-11-10-24-15/h5-8,12H,3-4,9-11H2,1-2H3,(H,19,23). The van der Waals surface area contributed by atoms with Crippen molar-refractivity contribution in [3.05, 3.63) is 36.0 Å². The molecule has 0 saturated carbocycles. The molecule has 132 valence electrons. The molecule has 0 saturated heterocycles. The number of hydrogen-bond acceptors (Lipinski definition) is 6. The molecule has 2 aromatic rings. The minimum absolute atomic E-state index is 0.266. The van der Waals surface area contributed by atoms with Crippen LogP contribution in [-0.4, -0.2) is 42.9 Å². The van der Waals surface area contributed by atoms with Gasteiger partial charge in [-0.25, -0.2) is 0 Å². The van der Waals surface area contributed by atoms with E-state index in [9.17, 15) is 4.79 Å². The molecule has 7 heteroatoms. The normalized spacial score (nSPS) is 12.6. The fourth-order valence-electron chi connectivity index (χ4n) is 2.48. The molecule has 1 aromatic heterocycles. The molecule has 1 N–H and O–H groups in total. The van der Waals surface area contributed by atoms with Crippen molar-refractivity contribution in [2.45, 2.75) is 19.8 Å². The molecule has 0 atom stereocenters. The van der Waals surface area contributed by atoms with Gasteiger partial charge in [0.1, 0.15) is 13.2 Å². The maximum Gasteiger partial charge on any atom is 0.276 e. The predicted octanol–water partition coefficient (Wildman–Crippen LogP) is 2.74. The van der Waals surface area contributed by atoms with Crippen LogP contribution in [-0.2, 0) is 0 Å². The Bertz CT molecular complexity index is 734. The second kappa shape index (κ2) is 7.83. The lowest BCUT2D eigenvalue weighted by Crippen LogP contribution is -2.21. The minimum Gasteiger partial charge on any atom is -0.486 e. The molecule has 1 aromatic carbocycles. The van der Waals surface area contributed by atoms with Gasteiger partial charge in [0.2, 0.25) is 0 Å². The maximum absolute atomic E-state index is 12.3. The van der Waals surface area contributed by atoms with Gasteiger partial charge in [0.05, 0.1) is 0 Å². The lowest BCUT2D eigenvalue weighted by atomic mass is 10.2. The zero-order valence-electron chi connectivity index (χ0n) is 14.5. The molecule has 1 aliphatic rings. The highest BCUT2D eigenvalue weighted by Crippen LogP contribution is 2.32. The van der Waals surface area contributed by atoms with E-state index < -0.39 is 0 Å². The Balaban J connectivity index is 1.65. The fourth-order valence-corrected chi connectivity index (χ4v) is 2.48. The van der Waals surface area contributed by atoms with Crippen molar-refractivity contribution in [1.82, 2.24) is 10.2 Å². The molecule has 7 nitrogen and oxygen atoms in total. The van der Waals surface area contributed by atoms with Crippen LogP contribution in [0.15, 0.2) is 30.3 Å². The van der Waals surface area contributed by atoms with Gasteiger partial charge in [-0.3, -0.25) is 4.79 Å². The third kappa shape index (κ3) is 4.17. The summed E-state index contributed by atoms with van der Waals surface area (Å²) in [6.07, 6.45) is 2.21. The number of hydrogen-bond donors (Lipinski definition) is 1. The van der Waals surface area contributed by atoms with Gasteiger partial charge >= 0.3 is 0 Å². The number of fused-ring (bicyclic) bond motifs is 1. The summed E-state index contributed by atoms with van der Waals surface area (Å²) in [5.74, 6) is 1.75. The average molecular weight is 342 g/mol. The van der Waals surface area contributed by atoms with Crippen LogP contribution in [0, 0.1) is 0 Å². The van der Waals surface area contributed by atoms with E-state index in [0.717, 1.165) is 25.2 Å². The molecule has 25 heavy (non-hydrogen) atoms. The molecular weight excluding hydrogens is 320 g/mol. The summed E-state index contributed by atoms with van der Waals surface area (Å²) in [4.78, 5) is 14.4. The summed E-state index contributed by atoms with van der Waals surface area (Å²) in [6.45, 7) is 4.09. The van der Waals surface area contributed by atoms with Crippen molar-refractivity contribution in [3.8, 4) is 11.5 Å². The van der Waals surface area contributed by atoms with Crippen molar-refractivity contribution in [1.29, 1.82) is 0 Å². The Morgan fingerprint density at radius 1 is 1.16 bits per heavy atom. The van der Waals surface area contributed by atoms with Crippen molar-refractivity contribution in [2.24, 2.45) is 0 Å². The second-order valence-corrected chi connectivity index (χ2v) is 5.86. The van der Waals surface area contributed by atoms with E-state index in [0.29, 0.717) is 30.4 Å². The van der Waals surface area contributed by atoms with Crippen molar-refractivity contribution in [2.75, 3.05) is 37.0 Å². The van der Waals surface area contributed by atoms with Crippen LogP contribution in [0.5, 0.6) is 11.5 Å². The Labute approximate surface area is 147 Å². The van der Waals surface area contributed by atoms with Crippen LogP contribution in [0.1, 0.15) is 30.3 Å². The number of carbonyl (C=O) groups excluding carboxylic acids is 1. The van der Waals surface area contributed by atoms with E-state index >= 15 is 0 Å². The molecule has 1 amide bonds. The van der Waals surface area contributed by atoms with Crippen molar-refractivity contribution in [3.63, 3.8) is 0 Å². The Morgan fingerprint density at radius 2 is 1.96 bits per heavy atom. The number of anilines is 2. The number of ether oxygens (including phenoxy) is 2. The van der Waals surface area contributed by atoms with Gasteiger partial charge < -0.3 is 19.7 Å². The highest BCUT2D eigenvalue weighted by Gasteiger charge is 2.14. The van der Waals surface area contributed by atoms with Crippen LogP contribution in [0.25, 0.3) is 0 Å². The van der Waals surface area contributed by atoms with Crippen LogP contribution >= 0.6 is 0 Å². The summed E-state index contributed by atoms with van der Waals surface area (Å²) in [5, 5.41) is 11.0. The Morgan fingerprint density at radius 3 is 2.68 bits per heavy atom. The summed E-state index contributed by atoms with van der Waals surface area (Å²) >= 11 is 0. The van der Waals surface area contributed by atoms with Gasteiger partial charge in [-0.05, 0) is 30.7 Å². The summed E-state index contributed by atoms with van der Waals surface area (Å²) in [7, 11) is 1.97. The molecule has 0 bridgehead atoms. The number of aromatic nitrogens is 2. The van der Waals surface area contributed by atoms with Crippen molar-refractivity contribution < 1.29 is 14.3 Å². The summed E-state index contributed by atoms with van der Waals surface area (Å²) < 4.78 is 11.0. The number of amides is 1. The van der Waals surface area contributed by atoms with Crippen LogP contribution in [0.4, 0.5) is 11.5 Å². The average Bonchev–Trinajstić information content (AvgIpc) is 2.66. The van der Waals surface area contributed by atoms with Gasteiger partial charge in [0.25, 0.3) is 5.91 Å². The molecule has 0 spiro atoms. The largest absolute Gasteiger partial charge is 0.486 e. The molecule has 3 rings (SSSR count). The molecule has 0 unspecified atom stereocenters. The van der Waals surface area contributed by atoms with E-state index in [2.05, 4.69) is 22.4 Å². The summed E-state index contributed by atoms with van der Waals surface area (Å²) in [5.41, 5.74) is 0.891. The molecular formula is C18H22N4O3. The van der Waals surface area contributed by atoms with Crippen LogP contribution in [0.3, 0.4) is 0 Å². The van der Waals surface area contributed by atoms with E-state index in [1.807, 2.05) is 11.9 Å². The van der Waals surface area contributed by atoms with E-state index in [1.165, 1.54) is 0 Å². The summed E-state index contributed by atoms with van der Waals surface area (Å²) in [6, 6.07) is 8.78. The molecule has 1 aliphatic heterocycles. The van der Waals surface area contributed by atoms with Gasteiger partial charge in [0, 0.05) is 25.3 Å². The first-order valence-electron chi connectivity index (χ1n) is 8.43. The van der Waals surface area contributed by atoms with E-state index in [1.54, 1.807) is 30.3 Å². The molecule has 2 heterocycles.